The molecular weight excluding hydrogens is 344 g/mol. The van der Waals surface area contributed by atoms with Gasteiger partial charge in [0.05, 0.1) is 35.0 Å². The molecule has 0 spiro atoms. The van der Waals surface area contributed by atoms with Gasteiger partial charge in [0.2, 0.25) is 0 Å². The first-order chi connectivity index (χ1) is 13.1. The summed E-state index contributed by atoms with van der Waals surface area (Å²) in [5, 5.41) is 3.99. The predicted octanol–water partition coefficient (Wildman–Crippen LogP) is 2.24. The fourth-order valence-electron chi connectivity index (χ4n) is 3.52. The topological polar surface area (TPSA) is 97.9 Å². The summed E-state index contributed by atoms with van der Waals surface area (Å²) in [7, 11) is 0. The molecular formula is C19H20N6O2. The lowest BCUT2D eigenvalue weighted by Crippen LogP contribution is -2.29. The van der Waals surface area contributed by atoms with Gasteiger partial charge in [-0.1, -0.05) is 5.16 Å². The van der Waals surface area contributed by atoms with Crippen LogP contribution < -0.4 is 0 Å². The van der Waals surface area contributed by atoms with E-state index in [-0.39, 0.29) is 5.91 Å². The summed E-state index contributed by atoms with van der Waals surface area (Å²) in [6, 6.07) is 0. The third kappa shape index (κ3) is 3.55. The molecule has 3 aromatic rings. The molecule has 0 unspecified atom stereocenters. The molecule has 0 saturated carbocycles. The minimum absolute atomic E-state index is 0.0684. The van der Waals surface area contributed by atoms with Gasteiger partial charge in [-0.2, -0.15) is 0 Å². The Bertz CT molecular complexity index is 936. The molecule has 1 fully saturated rings. The molecule has 8 heteroatoms. The number of nitrogens with zero attached hydrogens (tertiary/aromatic N) is 6. The SMILES string of the molecule is Cc1noc(C)c1-c1cncc(C[C@H]2CCN(C(=O)c3cnccn3)C2)n1. The second-order valence-electron chi connectivity index (χ2n) is 6.80. The largest absolute Gasteiger partial charge is 0.361 e. The van der Waals surface area contributed by atoms with E-state index in [2.05, 4.69) is 20.1 Å². The predicted molar refractivity (Wildman–Crippen MR) is 96.7 cm³/mol. The van der Waals surface area contributed by atoms with Crippen molar-refractivity contribution < 1.29 is 9.32 Å². The highest BCUT2D eigenvalue weighted by Crippen LogP contribution is 2.26. The van der Waals surface area contributed by atoms with Crippen LogP contribution in [-0.2, 0) is 6.42 Å². The van der Waals surface area contributed by atoms with Gasteiger partial charge in [0.1, 0.15) is 11.5 Å². The maximum Gasteiger partial charge on any atom is 0.274 e. The average Bonchev–Trinajstić information content (AvgIpc) is 3.28. The summed E-state index contributed by atoms with van der Waals surface area (Å²) in [6.07, 6.45) is 9.83. The molecule has 1 aliphatic heterocycles. The first-order valence-corrected chi connectivity index (χ1v) is 8.91. The molecule has 1 saturated heterocycles. The lowest BCUT2D eigenvalue weighted by atomic mass is 10.0. The monoisotopic (exact) mass is 364 g/mol. The van der Waals surface area contributed by atoms with Crippen LogP contribution in [0.2, 0.25) is 0 Å². The molecule has 0 aliphatic carbocycles. The van der Waals surface area contributed by atoms with E-state index in [1.807, 2.05) is 18.7 Å². The molecule has 138 valence electrons. The Hall–Kier alpha value is -3.16. The summed E-state index contributed by atoms with van der Waals surface area (Å²) in [4.78, 5) is 31.5. The van der Waals surface area contributed by atoms with Crippen molar-refractivity contribution in [3.8, 4) is 11.3 Å². The summed E-state index contributed by atoms with van der Waals surface area (Å²) in [5.41, 5.74) is 3.77. The Morgan fingerprint density at radius 3 is 2.85 bits per heavy atom. The van der Waals surface area contributed by atoms with Crippen molar-refractivity contribution in [1.82, 2.24) is 30.0 Å². The number of hydrogen-bond donors (Lipinski definition) is 0. The maximum atomic E-state index is 12.5. The zero-order chi connectivity index (χ0) is 18.8. The molecule has 1 atom stereocenters. The lowest BCUT2D eigenvalue weighted by Gasteiger charge is -2.15. The Kier molecular flexibility index (Phi) is 4.62. The van der Waals surface area contributed by atoms with Gasteiger partial charge < -0.3 is 9.42 Å². The Morgan fingerprint density at radius 2 is 2.11 bits per heavy atom. The van der Waals surface area contributed by atoms with Gasteiger partial charge in [-0.25, -0.2) is 9.97 Å². The number of carbonyl (C=O) groups is 1. The minimum Gasteiger partial charge on any atom is -0.361 e. The van der Waals surface area contributed by atoms with Crippen molar-refractivity contribution in [2.45, 2.75) is 26.7 Å². The van der Waals surface area contributed by atoms with Crippen LogP contribution in [0.3, 0.4) is 0 Å². The van der Waals surface area contributed by atoms with E-state index < -0.39 is 0 Å². The van der Waals surface area contributed by atoms with Crippen molar-refractivity contribution in [3.05, 3.63) is 53.8 Å². The summed E-state index contributed by atoms with van der Waals surface area (Å²) in [6.45, 7) is 5.17. The van der Waals surface area contributed by atoms with Crippen LogP contribution in [0.4, 0.5) is 0 Å². The van der Waals surface area contributed by atoms with Crippen molar-refractivity contribution in [2.24, 2.45) is 5.92 Å². The normalized spacial score (nSPS) is 16.7. The van der Waals surface area contributed by atoms with E-state index in [0.29, 0.717) is 18.2 Å². The first-order valence-electron chi connectivity index (χ1n) is 8.91. The van der Waals surface area contributed by atoms with E-state index >= 15 is 0 Å². The van der Waals surface area contributed by atoms with Crippen LogP contribution in [0.1, 0.15) is 34.1 Å². The van der Waals surface area contributed by atoms with E-state index in [4.69, 9.17) is 9.51 Å². The van der Waals surface area contributed by atoms with Crippen LogP contribution in [0.25, 0.3) is 11.3 Å². The van der Waals surface area contributed by atoms with Crippen LogP contribution in [0.15, 0.2) is 35.5 Å². The number of carbonyl (C=O) groups excluding carboxylic acids is 1. The fraction of sp³-hybridized carbons (Fsp3) is 0.368. The zero-order valence-corrected chi connectivity index (χ0v) is 15.3. The molecule has 4 heterocycles. The summed E-state index contributed by atoms with van der Waals surface area (Å²) < 4.78 is 5.23. The van der Waals surface area contributed by atoms with Gasteiger partial charge in [-0.3, -0.25) is 14.8 Å². The third-order valence-corrected chi connectivity index (χ3v) is 4.83. The molecule has 0 bridgehead atoms. The molecule has 1 amide bonds. The molecule has 8 nitrogen and oxygen atoms in total. The average molecular weight is 364 g/mol. The Balaban J connectivity index is 1.45. The zero-order valence-electron chi connectivity index (χ0n) is 15.3. The number of rotatable bonds is 4. The number of aromatic nitrogens is 5. The van der Waals surface area contributed by atoms with Crippen molar-refractivity contribution in [2.75, 3.05) is 13.1 Å². The molecule has 0 radical (unpaired) electrons. The molecule has 0 aromatic carbocycles. The number of likely N-dealkylation sites (tertiary alicyclic amines) is 1. The fourth-order valence-corrected chi connectivity index (χ4v) is 3.52. The molecule has 1 aliphatic rings. The van der Waals surface area contributed by atoms with E-state index in [1.54, 1.807) is 18.6 Å². The van der Waals surface area contributed by atoms with Crippen LogP contribution in [-0.4, -0.2) is 49.0 Å². The molecule has 0 N–H and O–H groups in total. The smallest absolute Gasteiger partial charge is 0.274 e. The van der Waals surface area contributed by atoms with Gasteiger partial charge >= 0.3 is 0 Å². The van der Waals surface area contributed by atoms with E-state index in [9.17, 15) is 4.79 Å². The van der Waals surface area contributed by atoms with Gasteiger partial charge in [0.15, 0.2) is 0 Å². The lowest BCUT2D eigenvalue weighted by molar-refractivity contribution is 0.0780. The molecule has 4 rings (SSSR count). The summed E-state index contributed by atoms with van der Waals surface area (Å²) >= 11 is 0. The minimum atomic E-state index is -0.0684. The van der Waals surface area contributed by atoms with E-state index in [0.717, 1.165) is 47.8 Å². The third-order valence-electron chi connectivity index (χ3n) is 4.83. The first kappa shape index (κ1) is 17.3. The van der Waals surface area contributed by atoms with Gasteiger partial charge in [0.25, 0.3) is 5.91 Å². The van der Waals surface area contributed by atoms with Crippen molar-refractivity contribution in [3.63, 3.8) is 0 Å². The number of aryl methyl sites for hydroxylation is 2. The Morgan fingerprint density at radius 1 is 1.22 bits per heavy atom. The highest BCUT2D eigenvalue weighted by molar-refractivity contribution is 5.92. The van der Waals surface area contributed by atoms with Crippen LogP contribution in [0, 0.1) is 19.8 Å². The maximum absolute atomic E-state index is 12.5. The highest BCUT2D eigenvalue weighted by Gasteiger charge is 2.28. The summed E-state index contributed by atoms with van der Waals surface area (Å²) in [5.74, 6) is 1.02. The molecule has 3 aromatic heterocycles. The Labute approximate surface area is 156 Å². The van der Waals surface area contributed by atoms with E-state index in [1.165, 1.54) is 12.4 Å². The van der Waals surface area contributed by atoms with Crippen LogP contribution >= 0.6 is 0 Å². The highest BCUT2D eigenvalue weighted by atomic mass is 16.5. The van der Waals surface area contributed by atoms with Crippen LogP contribution in [0.5, 0.6) is 0 Å². The number of amides is 1. The number of hydrogen-bond acceptors (Lipinski definition) is 7. The van der Waals surface area contributed by atoms with Gasteiger partial charge in [-0.05, 0) is 32.6 Å². The van der Waals surface area contributed by atoms with Gasteiger partial charge in [0, 0.05) is 31.7 Å². The second-order valence-corrected chi connectivity index (χ2v) is 6.80. The second kappa shape index (κ2) is 7.22. The van der Waals surface area contributed by atoms with Gasteiger partial charge in [-0.15, -0.1) is 0 Å². The quantitative estimate of drug-likeness (QED) is 0.700. The van der Waals surface area contributed by atoms with Crippen molar-refractivity contribution >= 4 is 5.91 Å². The standard InChI is InChI=1S/C19H20N6O2/c1-12-18(13(2)27-24-12)16-9-21-8-15(23-16)7-14-3-6-25(11-14)19(26)17-10-20-4-5-22-17/h4-5,8-10,14H,3,6-7,11H2,1-2H3/t14-/m1/s1. The molecule has 27 heavy (non-hydrogen) atoms. The van der Waals surface area contributed by atoms with Crippen molar-refractivity contribution in [1.29, 1.82) is 0 Å².